The number of carbonyl (C=O) groups excluding carboxylic acids is 1. The Morgan fingerprint density at radius 1 is 1.16 bits per heavy atom. The smallest absolute Gasteiger partial charge is 0.465 e. The maximum atomic E-state index is 11.7. The minimum atomic E-state index is -2.49. The molecule has 5 nitrogen and oxygen atoms in total. The second kappa shape index (κ2) is 9.07. The van der Waals surface area contributed by atoms with Crippen molar-refractivity contribution in [3.63, 3.8) is 0 Å². The zero-order valence-electron chi connectivity index (χ0n) is 12.5. The molecular weight excluding hydrogens is 332 g/mol. The minimum Gasteiger partial charge on any atom is -0.465 e. The zero-order chi connectivity index (χ0) is 14.9. The van der Waals surface area contributed by atoms with Gasteiger partial charge in [0.1, 0.15) is 4.32 Å². The highest BCUT2D eigenvalue weighted by molar-refractivity contribution is 9.10. The van der Waals surface area contributed by atoms with Crippen LogP contribution in [0.3, 0.4) is 0 Å². The fraction of sp³-hybridized carbons (Fsp3) is 0.917. The largest absolute Gasteiger partial charge is 0.500 e. The van der Waals surface area contributed by atoms with E-state index < -0.39 is 13.1 Å². The molecule has 0 aromatic heterocycles. The van der Waals surface area contributed by atoms with E-state index in [-0.39, 0.29) is 5.97 Å². The molecule has 0 spiro atoms. The standard InChI is InChI=1S/C12H25BrO5Si/c1-6-18-11(14)12(2,13)9-7-8-10-19(15-3,16-4)17-5/h6-10H2,1-5H3. The maximum absolute atomic E-state index is 11.7. The van der Waals surface area contributed by atoms with Crippen molar-refractivity contribution in [3.05, 3.63) is 0 Å². The maximum Gasteiger partial charge on any atom is 0.500 e. The van der Waals surface area contributed by atoms with E-state index in [1.807, 2.05) is 6.92 Å². The van der Waals surface area contributed by atoms with Gasteiger partial charge in [-0.05, 0) is 26.7 Å². The van der Waals surface area contributed by atoms with Gasteiger partial charge in [-0.2, -0.15) is 0 Å². The SMILES string of the molecule is CCOC(=O)C(C)(Br)CCCC[Si](OC)(OC)OC. The number of ether oxygens (including phenoxy) is 1. The Hall–Kier alpha value is 0.0469. The number of esters is 1. The molecule has 0 aliphatic heterocycles. The third-order valence-electron chi connectivity index (χ3n) is 3.01. The molecule has 0 aromatic carbocycles. The molecule has 0 amide bonds. The summed E-state index contributed by atoms with van der Waals surface area (Å²) in [6.07, 6.45) is 2.45. The molecule has 0 heterocycles. The summed E-state index contributed by atoms with van der Waals surface area (Å²) in [7, 11) is 2.32. The summed E-state index contributed by atoms with van der Waals surface area (Å²) in [5.41, 5.74) is 0. The summed E-state index contributed by atoms with van der Waals surface area (Å²) in [5.74, 6) is -0.219. The van der Waals surface area contributed by atoms with E-state index >= 15 is 0 Å². The second-order valence-corrected chi connectivity index (χ2v) is 9.26. The van der Waals surface area contributed by atoms with E-state index in [4.69, 9.17) is 18.0 Å². The summed E-state index contributed by atoms with van der Waals surface area (Å²) in [6.45, 7) is 4.03. The van der Waals surface area contributed by atoms with Gasteiger partial charge in [0, 0.05) is 27.4 Å². The van der Waals surface area contributed by atoms with Crippen LogP contribution >= 0.6 is 15.9 Å². The third kappa shape index (κ3) is 6.35. The van der Waals surface area contributed by atoms with E-state index in [0.717, 1.165) is 18.9 Å². The number of alkyl halides is 1. The quantitative estimate of drug-likeness (QED) is 0.260. The summed E-state index contributed by atoms with van der Waals surface area (Å²) in [4.78, 5) is 11.7. The van der Waals surface area contributed by atoms with Crippen LogP contribution in [0, 0.1) is 0 Å². The number of hydrogen-bond acceptors (Lipinski definition) is 5. The molecule has 0 saturated carbocycles. The van der Waals surface area contributed by atoms with E-state index in [2.05, 4.69) is 15.9 Å². The number of halogens is 1. The van der Waals surface area contributed by atoms with Crippen molar-refractivity contribution in [3.8, 4) is 0 Å². The Labute approximate surface area is 125 Å². The number of rotatable bonds is 10. The first kappa shape index (κ1) is 19.0. The molecule has 0 aromatic rings. The summed E-state index contributed by atoms with van der Waals surface area (Å²) in [5, 5.41) is 0. The first-order chi connectivity index (χ1) is 8.87. The molecule has 0 fully saturated rings. The van der Waals surface area contributed by atoms with Gasteiger partial charge in [-0.25, -0.2) is 0 Å². The molecule has 0 rings (SSSR count). The number of unbranched alkanes of at least 4 members (excludes halogenated alkanes) is 1. The Morgan fingerprint density at radius 2 is 1.68 bits per heavy atom. The van der Waals surface area contributed by atoms with E-state index in [1.54, 1.807) is 28.3 Å². The monoisotopic (exact) mass is 356 g/mol. The van der Waals surface area contributed by atoms with Crippen LogP contribution in [-0.4, -0.2) is 47.0 Å². The molecule has 0 bridgehead atoms. The molecular formula is C12H25BrO5Si. The highest BCUT2D eigenvalue weighted by Crippen LogP contribution is 2.27. The lowest BCUT2D eigenvalue weighted by molar-refractivity contribution is -0.145. The fourth-order valence-electron chi connectivity index (χ4n) is 1.74. The average molecular weight is 357 g/mol. The van der Waals surface area contributed by atoms with Crippen LogP contribution in [0.2, 0.25) is 6.04 Å². The lowest BCUT2D eigenvalue weighted by Crippen LogP contribution is -2.42. The van der Waals surface area contributed by atoms with E-state index in [1.165, 1.54) is 0 Å². The summed E-state index contributed by atoms with van der Waals surface area (Å²) in [6, 6.07) is 0.738. The molecule has 1 unspecified atom stereocenters. The molecule has 7 heteroatoms. The summed E-state index contributed by atoms with van der Waals surface area (Å²) >= 11 is 3.42. The van der Waals surface area contributed by atoms with Crippen molar-refractivity contribution < 1.29 is 22.8 Å². The van der Waals surface area contributed by atoms with Crippen LogP contribution in [-0.2, 0) is 22.8 Å². The van der Waals surface area contributed by atoms with Crippen molar-refractivity contribution in [2.75, 3.05) is 27.9 Å². The predicted octanol–water partition coefficient (Wildman–Crippen LogP) is 2.75. The van der Waals surface area contributed by atoms with Crippen molar-refractivity contribution >= 4 is 30.7 Å². The lowest BCUT2D eigenvalue weighted by atomic mass is 10.0. The number of carbonyl (C=O) groups is 1. The second-order valence-electron chi connectivity index (χ2n) is 4.42. The van der Waals surface area contributed by atoms with Crippen LogP contribution < -0.4 is 0 Å². The van der Waals surface area contributed by atoms with Gasteiger partial charge in [0.05, 0.1) is 6.61 Å². The van der Waals surface area contributed by atoms with Crippen molar-refractivity contribution in [2.24, 2.45) is 0 Å². The van der Waals surface area contributed by atoms with Crippen LogP contribution in [0.4, 0.5) is 0 Å². The lowest BCUT2D eigenvalue weighted by Gasteiger charge is -2.25. The van der Waals surface area contributed by atoms with Gasteiger partial charge in [-0.15, -0.1) is 0 Å². The minimum absolute atomic E-state index is 0.219. The fourth-order valence-corrected chi connectivity index (χ4v) is 3.93. The first-order valence-electron chi connectivity index (χ1n) is 6.39. The number of hydrogen-bond donors (Lipinski definition) is 0. The molecule has 0 aliphatic carbocycles. The van der Waals surface area contributed by atoms with Crippen molar-refractivity contribution in [1.82, 2.24) is 0 Å². The molecule has 0 saturated heterocycles. The van der Waals surface area contributed by atoms with Gasteiger partial charge in [0.15, 0.2) is 0 Å². The molecule has 1 atom stereocenters. The Balaban J connectivity index is 4.12. The van der Waals surface area contributed by atoms with Gasteiger partial charge in [0.2, 0.25) is 0 Å². The average Bonchev–Trinajstić information content (AvgIpc) is 2.40. The van der Waals surface area contributed by atoms with Crippen molar-refractivity contribution in [2.45, 2.75) is 43.5 Å². The molecule has 0 aliphatic rings. The molecule has 0 radical (unpaired) electrons. The van der Waals surface area contributed by atoms with E-state index in [0.29, 0.717) is 13.0 Å². The summed E-state index contributed by atoms with van der Waals surface area (Å²) < 4.78 is 20.4. The van der Waals surface area contributed by atoms with Gasteiger partial charge >= 0.3 is 14.8 Å². The van der Waals surface area contributed by atoms with Gasteiger partial charge in [-0.1, -0.05) is 22.4 Å². The topological polar surface area (TPSA) is 54.0 Å². The normalized spacial score (nSPS) is 15.1. The van der Waals surface area contributed by atoms with Crippen LogP contribution in [0.1, 0.15) is 33.1 Å². The van der Waals surface area contributed by atoms with Gasteiger partial charge < -0.3 is 18.0 Å². The highest BCUT2D eigenvalue weighted by Gasteiger charge is 2.37. The Bertz CT molecular complexity index is 261. The van der Waals surface area contributed by atoms with Crippen LogP contribution in [0.5, 0.6) is 0 Å². The van der Waals surface area contributed by atoms with E-state index in [9.17, 15) is 4.79 Å². The zero-order valence-corrected chi connectivity index (χ0v) is 15.0. The molecule has 0 N–H and O–H groups in total. The van der Waals surface area contributed by atoms with Crippen molar-refractivity contribution in [1.29, 1.82) is 0 Å². The Kier molecular flexibility index (Phi) is 9.09. The molecule has 114 valence electrons. The molecule has 19 heavy (non-hydrogen) atoms. The van der Waals surface area contributed by atoms with Crippen LogP contribution in [0.15, 0.2) is 0 Å². The van der Waals surface area contributed by atoms with Gasteiger partial charge in [-0.3, -0.25) is 4.79 Å². The Morgan fingerprint density at radius 3 is 2.11 bits per heavy atom. The van der Waals surface area contributed by atoms with Gasteiger partial charge in [0.25, 0.3) is 0 Å². The highest BCUT2D eigenvalue weighted by atomic mass is 79.9. The predicted molar refractivity (Wildman–Crippen MR) is 79.4 cm³/mol. The third-order valence-corrected chi connectivity index (χ3v) is 6.57. The van der Waals surface area contributed by atoms with Crippen LogP contribution in [0.25, 0.3) is 0 Å². The first-order valence-corrected chi connectivity index (χ1v) is 9.11.